The van der Waals surface area contributed by atoms with E-state index in [4.69, 9.17) is 4.74 Å². The number of aryl methyl sites for hydroxylation is 1. The Labute approximate surface area is 129 Å². The molecule has 0 amide bonds. The molecule has 0 saturated carbocycles. The predicted octanol–water partition coefficient (Wildman–Crippen LogP) is 4.16. The van der Waals surface area contributed by atoms with Crippen molar-refractivity contribution >= 4 is 5.91 Å². The highest BCUT2D eigenvalue weighted by Gasteiger charge is 2.13. The fourth-order valence-corrected chi connectivity index (χ4v) is 2.45. The highest BCUT2D eigenvalue weighted by Crippen LogP contribution is 2.23. The fraction of sp³-hybridized carbons (Fsp3) is 0.105. The molecule has 0 saturated heterocycles. The third kappa shape index (κ3) is 2.66. The van der Waals surface area contributed by atoms with E-state index in [9.17, 15) is 4.79 Å². The quantitative estimate of drug-likeness (QED) is 0.725. The zero-order valence-corrected chi connectivity index (χ0v) is 12.6. The summed E-state index contributed by atoms with van der Waals surface area (Å²) in [5.41, 5.74) is 3.70. The second kappa shape index (κ2) is 5.90. The number of ether oxygens (including phenoxy) is 1. The third-order valence-corrected chi connectivity index (χ3v) is 3.68. The molecule has 2 aromatic carbocycles. The SMILES string of the molecule is COc1ccc(C(=O)n2cc(-c3ccccc3)cc2C)cc1. The summed E-state index contributed by atoms with van der Waals surface area (Å²) in [5, 5.41) is 0. The third-order valence-electron chi connectivity index (χ3n) is 3.68. The van der Waals surface area contributed by atoms with Crippen molar-refractivity contribution in [1.82, 2.24) is 4.57 Å². The van der Waals surface area contributed by atoms with Crippen molar-refractivity contribution in [2.75, 3.05) is 7.11 Å². The van der Waals surface area contributed by atoms with E-state index in [-0.39, 0.29) is 5.91 Å². The van der Waals surface area contributed by atoms with Crippen LogP contribution in [-0.4, -0.2) is 17.6 Å². The number of aromatic nitrogens is 1. The second-order valence-electron chi connectivity index (χ2n) is 5.14. The lowest BCUT2D eigenvalue weighted by molar-refractivity contribution is 0.0958. The molecule has 1 heterocycles. The van der Waals surface area contributed by atoms with Crippen molar-refractivity contribution in [3.05, 3.63) is 78.1 Å². The summed E-state index contributed by atoms with van der Waals surface area (Å²) in [5.74, 6) is 0.702. The molecule has 3 nitrogen and oxygen atoms in total. The monoisotopic (exact) mass is 291 g/mol. The number of benzene rings is 2. The first-order chi connectivity index (χ1) is 10.7. The summed E-state index contributed by atoms with van der Waals surface area (Å²) >= 11 is 0. The van der Waals surface area contributed by atoms with Gasteiger partial charge in [-0.25, -0.2) is 0 Å². The van der Waals surface area contributed by atoms with E-state index in [1.807, 2.05) is 49.5 Å². The lowest BCUT2D eigenvalue weighted by Crippen LogP contribution is -2.12. The van der Waals surface area contributed by atoms with Gasteiger partial charge in [0.25, 0.3) is 5.91 Å². The van der Waals surface area contributed by atoms with Crippen LogP contribution >= 0.6 is 0 Å². The number of carbonyl (C=O) groups is 1. The van der Waals surface area contributed by atoms with Gasteiger partial charge in [0.1, 0.15) is 5.75 Å². The van der Waals surface area contributed by atoms with Gasteiger partial charge in [0, 0.05) is 23.0 Å². The van der Waals surface area contributed by atoms with Crippen molar-refractivity contribution < 1.29 is 9.53 Å². The highest BCUT2D eigenvalue weighted by atomic mass is 16.5. The molecule has 22 heavy (non-hydrogen) atoms. The largest absolute Gasteiger partial charge is 0.497 e. The molecule has 3 heteroatoms. The van der Waals surface area contributed by atoms with E-state index < -0.39 is 0 Å². The number of hydrogen-bond donors (Lipinski definition) is 0. The Morgan fingerprint density at radius 1 is 0.955 bits per heavy atom. The second-order valence-corrected chi connectivity index (χ2v) is 5.14. The van der Waals surface area contributed by atoms with Gasteiger partial charge in [-0.05, 0) is 42.8 Å². The molecule has 0 spiro atoms. The van der Waals surface area contributed by atoms with Gasteiger partial charge in [-0.1, -0.05) is 30.3 Å². The van der Waals surface area contributed by atoms with Gasteiger partial charge < -0.3 is 4.74 Å². The van der Waals surface area contributed by atoms with E-state index in [0.29, 0.717) is 5.56 Å². The average molecular weight is 291 g/mol. The van der Waals surface area contributed by atoms with Gasteiger partial charge in [-0.3, -0.25) is 9.36 Å². The van der Waals surface area contributed by atoms with E-state index in [1.165, 1.54) is 0 Å². The van der Waals surface area contributed by atoms with E-state index >= 15 is 0 Å². The molecule has 0 aliphatic carbocycles. The van der Waals surface area contributed by atoms with Crippen molar-refractivity contribution in [1.29, 1.82) is 0 Å². The Hall–Kier alpha value is -2.81. The molecule has 0 aliphatic heterocycles. The minimum Gasteiger partial charge on any atom is -0.497 e. The van der Waals surface area contributed by atoms with Crippen LogP contribution in [0.3, 0.4) is 0 Å². The van der Waals surface area contributed by atoms with Crippen molar-refractivity contribution in [3.63, 3.8) is 0 Å². The molecule has 3 rings (SSSR count). The topological polar surface area (TPSA) is 31.2 Å². The first-order valence-electron chi connectivity index (χ1n) is 7.12. The van der Waals surface area contributed by atoms with Crippen LogP contribution in [0.15, 0.2) is 66.9 Å². The molecular formula is C19H17NO2. The summed E-state index contributed by atoms with van der Waals surface area (Å²) in [7, 11) is 1.61. The van der Waals surface area contributed by atoms with E-state index in [1.54, 1.807) is 35.9 Å². The number of methoxy groups -OCH3 is 1. The molecule has 0 bridgehead atoms. The van der Waals surface area contributed by atoms with Gasteiger partial charge in [-0.15, -0.1) is 0 Å². The fourth-order valence-electron chi connectivity index (χ4n) is 2.45. The van der Waals surface area contributed by atoms with Gasteiger partial charge in [0.05, 0.1) is 7.11 Å². The number of nitrogens with zero attached hydrogens (tertiary/aromatic N) is 1. The molecule has 0 aliphatic rings. The lowest BCUT2D eigenvalue weighted by Gasteiger charge is -2.05. The Balaban J connectivity index is 1.94. The summed E-state index contributed by atoms with van der Waals surface area (Å²) in [6.07, 6.45) is 1.89. The van der Waals surface area contributed by atoms with E-state index in [0.717, 1.165) is 22.6 Å². The normalized spacial score (nSPS) is 10.5. The molecule has 110 valence electrons. The zero-order chi connectivity index (χ0) is 15.5. The van der Waals surface area contributed by atoms with Gasteiger partial charge in [-0.2, -0.15) is 0 Å². The highest BCUT2D eigenvalue weighted by molar-refractivity contribution is 5.97. The summed E-state index contributed by atoms with van der Waals surface area (Å²) in [6, 6.07) is 19.2. The van der Waals surface area contributed by atoms with Gasteiger partial charge >= 0.3 is 0 Å². The first kappa shape index (κ1) is 14.1. The minimum absolute atomic E-state index is 0.0395. The van der Waals surface area contributed by atoms with Crippen LogP contribution in [0.25, 0.3) is 11.1 Å². The Kier molecular flexibility index (Phi) is 3.79. The number of hydrogen-bond acceptors (Lipinski definition) is 2. The Morgan fingerprint density at radius 2 is 1.64 bits per heavy atom. The summed E-state index contributed by atoms with van der Waals surface area (Å²) in [4.78, 5) is 12.6. The molecule has 0 fully saturated rings. The molecule has 1 aromatic heterocycles. The van der Waals surface area contributed by atoms with Crippen LogP contribution in [0.5, 0.6) is 5.75 Å². The molecule has 3 aromatic rings. The van der Waals surface area contributed by atoms with Crippen LogP contribution < -0.4 is 4.74 Å². The van der Waals surface area contributed by atoms with Crippen LogP contribution in [0.4, 0.5) is 0 Å². The van der Waals surface area contributed by atoms with Crippen LogP contribution in [-0.2, 0) is 0 Å². The van der Waals surface area contributed by atoms with Crippen molar-refractivity contribution in [3.8, 4) is 16.9 Å². The minimum atomic E-state index is -0.0395. The Morgan fingerprint density at radius 3 is 2.27 bits per heavy atom. The van der Waals surface area contributed by atoms with E-state index in [2.05, 4.69) is 0 Å². The van der Waals surface area contributed by atoms with Gasteiger partial charge in [0.2, 0.25) is 0 Å². The Bertz CT molecular complexity index is 786. The van der Waals surface area contributed by atoms with Gasteiger partial charge in [0.15, 0.2) is 0 Å². The molecule has 0 radical (unpaired) electrons. The zero-order valence-electron chi connectivity index (χ0n) is 12.6. The molecule has 0 atom stereocenters. The smallest absolute Gasteiger partial charge is 0.262 e. The van der Waals surface area contributed by atoms with Crippen LogP contribution in [0.2, 0.25) is 0 Å². The summed E-state index contributed by atoms with van der Waals surface area (Å²) in [6.45, 7) is 1.94. The number of carbonyl (C=O) groups excluding carboxylic acids is 1. The average Bonchev–Trinajstić information content (AvgIpc) is 2.97. The standard InChI is InChI=1S/C19H17NO2/c1-14-12-17(15-6-4-3-5-7-15)13-20(14)19(21)16-8-10-18(22-2)11-9-16/h3-13H,1-2H3. The summed E-state index contributed by atoms with van der Waals surface area (Å²) < 4.78 is 6.81. The van der Waals surface area contributed by atoms with Crippen LogP contribution in [0.1, 0.15) is 16.1 Å². The molecule has 0 N–H and O–H groups in total. The molecular weight excluding hydrogens is 274 g/mol. The number of rotatable bonds is 3. The predicted molar refractivity (Wildman–Crippen MR) is 87.3 cm³/mol. The van der Waals surface area contributed by atoms with Crippen LogP contribution in [0, 0.1) is 6.92 Å². The maximum atomic E-state index is 12.6. The van der Waals surface area contributed by atoms with Crippen molar-refractivity contribution in [2.24, 2.45) is 0 Å². The first-order valence-corrected chi connectivity index (χ1v) is 7.12. The lowest BCUT2D eigenvalue weighted by atomic mass is 10.1. The molecule has 0 unspecified atom stereocenters. The maximum Gasteiger partial charge on any atom is 0.262 e. The maximum absolute atomic E-state index is 12.6. The van der Waals surface area contributed by atoms with Crippen molar-refractivity contribution in [2.45, 2.75) is 6.92 Å².